The minimum atomic E-state index is -0.515. The summed E-state index contributed by atoms with van der Waals surface area (Å²) in [4.78, 5) is 13.5. The highest BCUT2D eigenvalue weighted by Gasteiger charge is 2.11. The highest BCUT2D eigenvalue weighted by molar-refractivity contribution is 6.30. The van der Waals surface area contributed by atoms with Gasteiger partial charge in [-0.05, 0) is 37.6 Å². The number of benzene rings is 1. The number of carbonyl (C=O) groups is 1. The number of aliphatic hydroxyl groups is 1. The van der Waals surface area contributed by atoms with Gasteiger partial charge in [0.15, 0.2) is 0 Å². The number of rotatable bonds is 9. The third-order valence-corrected chi connectivity index (χ3v) is 3.61. The molecule has 1 atom stereocenters. The van der Waals surface area contributed by atoms with E-state index < -0.39 is 6.10 Å². The van der Waals surface area contributed by atoms with E-state index in [1.54, 1.807) is 19.1 Å². The molecule has 0 bridgehead atoms. The lowest BCUT2D eigenvalue weighted by atomic mass is 10.1. The Balaban J connectivity index is 2.36. The van der Waals surface area contributed by atoms with Gasteiger partial charge in [-0.25, -0.2) is 0 Å². The minimum absolute atomic E-state index is 0.172. The second-order valence-electron chi connectivity index (χ2n) is 4.85. The van der Waals surface area contributed by atoms with Crippen molar-refractivity contribution >= 4 is 17.6 Å². The second-order valence-corrected chi connectivity index (χ2v) is 5.28. The van der Waals surface area contributed by atoms with Crippen molar-refractivity contribution in [1.82, 2.24) is 4.90 Å². The van der Waals surface area contributed by atoms with E-state index in [9.17, 15) is 9.90 Å². The van der Waals surface area contributed by atoms with Crippen LogP contribution in [0.5, 0.6) is 0 Å². The largest absolute Gasteiger partial charge is 0.466 e. The summed E-state index contributed by atoms with van der Waals surface area (Å²) >= 11 is 5.83. The number of nitrogens with zero attached hydrogens (tertiary/aromatic N) is 1. The highest BCUT2D eigenvalue weighted by atomic mass is 35.5. The normalized spacial score (nSPS) is 12.4. The third kappa shape index (κ3) is 6.93. The molecule has 0 aromatic heterocycles. The molecule has 0 fully saturated rings. The predicted molar refractivity (Wildman–Crippen MR) is 84.4 cm³/mol. The van der Waals surface area contributed by atoms with Gasteiger partial charge in [0, 0.05) is 18.1 Å². The minimum Gasteiger partial charge on any atom is -0.466 e. The molecule has 0 radical (unpaired) electrons. The van der Waals surface area contributed by atoms with E-state index in [1.165, 1.54) is 0 Å². The van der Waals surface area contributed by atoms with Crippen molar-refractivity contribution in [2.24, 2.45) is 0 Å². The zero-order valence-electron chi connectivity index (χ0n) is 12.7. The number of aliphatic hydroxyl groups excluding tert-OH is 1. The first-order valence-electron chi connectivity index (χ1n) is 7.38. The van der Waals surface area contributed by atoms with Gasteiger partial charge in [-0.3, -0.25) is 4.79 Å². The summed E-state index contributed by atoms with van der Waals surface area (Å²) in [6.45, 7) is 6.49. The van der Waals surface area contributed by atoms with Crippen molar-refractivity contribution in [2.75, 3.05) is 26.2 Å². The number of carbonyl (C=O) groups excluding carboxylic acids is 1. The zero-order valence-corrected chi connectivity index (χ0v) is 13.5. The maximum Gasteiger partial charge on any atom is 0.307 e. The average molecular weight is 314 g/mol. The molecule has 1 rings (SSSR count). The Morgan fingerprint density at radius 1 is 1.29 bits per heavy atom. The third-order valence-electron chi connectivity index (χ3n) is 3.36. The van der Waals surface area contributed by atoms with Gasteiger partial charge in [0.2, 0.25) is 0 Å². The summed E-state index contributed by atoms with van der Waals surface area (Å²) in [5, 5.41) is 10.8. The molecule has 1 N–H and O–H groups in total. The maximum atomic E-state index is 11.3. The van der Waals surface area contributed by atoms with Gasteiger partial charge in [-0.2, -0.15) is 0 Å². The van der Waals surface area contributed by atoms with Crippen LogP contribution < -0.4 is 0 Å². The number of halogens is 1. The van der Waals surface area contributed by atoms with Crippen molar-refractivity contribution in [3.63, 3.8) is 0 Å². The van der Waals surface area contributed by atoms with Gasteiger partial charge in [0.1, 0.15) is 0 Å². The van der Waals surface area contributed by atoms with E-state index in [0.717, 1.165) is 18.7 Å². The average Bonchev–Trinajstić information content (AvgIpc) is 2.48. The van der Waals surface area contributed by atoms with Crippen LogP contribution >= 0.6 is 11.6 Å². The van der Waals surface area contributed by atoms with Crippen molar-refractivity contribution in [3.8, 4) is 0 Å². The molecular formula is C16H24ClNO3. The van der Waals surface area contributed by atoms with Crippen LogP contribution in [0.3, 0.4) is 0 Å². The lowest BCUT2D eigenvalue weighted by molar-refractivity contribution is -0.143. The smallest absolute Gasteiger partial charge is 0.307 e. The summed E-state index contributed by atoms with van der Waals surface area (Å²) in [5.41, 5.74) is 0.862. The zero-order chi connectivity index (χ0) is 15.7. The Labute approximate surface area is 131 Å². The summed E-state index contributed by atoms with van der Waals surface area (Å²) in [7, 11) is 0. The highest BCUT2D eigenvalue weighted by Crippen LogP contribution is 2.19. The fourth-order valence-corrected chi connectivity index (χ4v) is 2.19. The number of hydrogen-bond donors (Lipinski definition) is 1. The number of hydrogen-bond acceptors (Lipinski definition) is 4. The fraction of sp³-hybridized carbons (Fsp3) is 0.562. The number of ether oxygens (including phenoxy) is 1. The van der Waals surface area contributed by atoms with E-state index in [1.807, 2.05) is 19.1 Å². The molecule has 5 heteroatoms. The van der Waals surface area contributed by atoms with Gasteiger partial charge in [-0.1, -0.05) is 30.7 Å². The Morgan fingerprint density at radius 2 is 1.95 bits per heavy atom. The monoisotopic (exact) mass is 313 g/mol. The lowest BCUT2D eigenvalue weighted by Gasteiger charge is -2.21. The van der Waals surface area contributed by atoms with Crippen molar-refractivity contribution in [2.45, 2.75) is 32.8 Å². The summed E-state index contributed by atoms with van der Waals surface area (Å²) in [6.07, 6.45) is 0.496. The topological polar surface area (TPSA) is 49.8 Å². The van der Waals surface area contributed by atoms with E-state index >= 15 is 0 Å². The first kappa shape index (κ1) is 18.0. The van der Waals surface area contributed by atoms with E-state index in [0.29, 0.717) is 31.0 Å². The molecule has 0 aliphatic heterocycles. The molecule has 0 spiro atoms. The molecule has 0 heterocycles. The van der Waals surface area contributed by atoms with Gasteiger partial charge in [0.25, 0.3) is 0 Å². The van der Waals surface area contributed by atoms with Crippen LogP contribution in [0.15, 0.2) is 24.3 Å². The summed E-state index contributed by atoms with van der Waals surface area (Å²) in [5.74, 6) is -0.172. The lowest BCUT2D eigenvalue weighted by Crippen LogP contribution is -2.28. The van der Waals surface area contributed by atoms with Crippen LogP contribution in [0.1, 0.15) is 38.4 Å². The molecular weight excluding hydrogens is 290 g/mol. The Bertz CT molecular complexity index is 422. The van der Waals surface area contributed by atoms with Gasteiger partial charge in [0.05, 0.1) is 19.1 Å². The van der Waals surface area contributed by atoms with Crippen LogP contribution in [0.25, 0.3) is 0 Å². The molecule has 0 aliphatic rings. The van der Waals surface area contributed by atoms with Crippen LogP contribution in [0, 0.1) is 0 Å². The van der Waals surface area contributed by atoms with Crippen molar-refractivity contribution in [1.29, 1.82) is 0 Å². The molecule has 1 aromatic rings. The first-order valence-corrected chi connectivity index (χ1v) is 7.76. The van der Waals surface area contributed by atoms with Gasteiger partial charge in [-0.15, -0.1) is 0 Å². The molecule has 1 aromatic carbocycles. The Hall–Kier alpha value is -1.10. The van der Waals surface area contributed by atoms with Crippen LogP contribution in [0.2, 0.25) is 5.02 Å². The molecule has 1 unspecified atom stereocenters. The summed E-state index contributed by atoms with van der Waals surface area (Å²) < 4.78 is 4.92. The van der Waals surface area contributed by atoms with E-state index in [2.05, 4.69) is 4.90 Å². The van der Waals surface area contributed by atoms with E-state index in [4.69, 9.17) is 16.3 Å². The van der Waals surface area contributed by atoms with Gasteiger partial charge < -0.3 is 14.7 Å². The van der Waals surface area contributed by atoms with Crippen LogP contribution in [-0.4, -0.2) is 42.2 Å². The standard InChI is InChI=1S/C16H24ClNO3/c1-3-18(12-10-16(20)21-4-2)11-9-15(19)13-5-7-14(17)8-6-13/h5-8,15,19H,3-4,9-12H2,1-2H3. The maximum absolute atomic E-state index is 11.3. The van der Waals surface area contributed by atoms with E-state index in [-0.39, 0.29) is 5.97 Å². The molecule has 0 amide bonds. The van der Waals surface area contributed by atoms with Gasteiger partial charge >= 0.3 is 5.97 Å². The predicted octanol–water partition coefficient (Wildman–Crippen LogP) is 3.04. The first-order chi connectivity index (χ1) is 10.1. The molecule has 118 valence electrons. The van der Waals surface area contributed by atoms with Crippen molar-refractivity contribution in [3.05, 3.63) is 34.9 Å². The fourth-order valence-electron chi connectivity index (χ4n) is 2.07. The van der Waals surface area contributed by atoms with Crippen LogP contribution in [0.4, 0.5) is 0 Å². The molecule has 21 heavy (non-hydrogen) atoms. The quantitative estimate of drug-likeness (QED) is 0.712. The molecule has 0 saturated carbocycles. The second kappa shape index (κ2) is 9.77. The Kier molecular flexibility index (Phi) is 8.35. The van der Waals surface area contributed by atoms with Crippen molar-refractivity contribution < 1.29 is 14.6 Å². The molecule has 0 saturated heterocycles. The number of esters is 1. The molecule has 4 nitrogen and oxygen atoms in total. The summed E-state index contributed by atoms with van der Waals surface area (Å²) in [6, 6.07) is 7.22. The Morgan fingerprint density at radius 3 is 2.52 bits per heavy atom. The molecule has 0 aliphatic carbocycles. The SMILES string of the molecule is CCOC(=O)CCN(CC)CCC(O)c1ccc(Cl)cc1. The van der Waals surface area contributed by atoms with Crippen LogP contribution in [-0.2, 0) is 9.53 Å².